The molecule has 0 saturated carbocycles. The fourth-order valence-corrected chi connectivity index (χ4v) is 1.61. The largest absolute Gasteiger partial charge is 1.00 e. The summed E-state index contributed by atoms with van der Waals surface area (Å²) < 4.78 is 5.25. The summed E-state index contributed by atoms with van der Waals surface area (Å²) in [5, 5.41) is 8.65. The summed E-state index contributed by atoms with van der Waals surface area (Å²) >= 11 is 0. The molecule has 100 valence electrons. The van der Waals surface area contributed by atoms with Crippen LogP contribution in [-0.2, 0) is 9.53 Å². The number of carboxylic acids is 1. The molecule has 0 atom stereocenters. The summed E-state index contributed by atoms with van der Waals surface area (Å²) in [4.78, 5) is 25.7. The molecule has 0 aromatic carbocycles. The number of aliphatic carboxylic acids is 1. The van der Waals surface area contributed by atoms with E-state index in [0.29, 0.717) is 26.2 Å². The molecule has 1 rings (SSSR count). The number of rotatable bonds is 2. The molecule has 1 aliphatic rings. The minimum absolute atomic E-state index is 0. The number of hydrogen-bond donors (Lipinski definition) is 1. The van der Waals surface area contributed by atoms with Crippen molar-refractivity contribution in [2.75, 3.05) is 32.7 Å². The van der Waals surface area contributed by atoms with Crippen LogP contribution in [0, 0.1) is 0 Å². The van der Waals surface area contributed by atoms with Crippen LogP contribution in [0.1, 0.15) is 22.2 Å². The fraction of sp³-hybridized carbons (Fsp3) is 0.818. The second-order valence-corrected chi connectivity index (χ2v) is 5.14. The van der Waals surface area contributed by atoms with E-state index in [0.717, 1.165) is 0 Å². The molecule has 0 unspecified atom stereocenters. The van der Waals surface area contributed by atoms with Crippen LogP contribution in [0.25, 0.3) is 0 Å². The summed E-state index contributed by atoms with van der Waals surface area (Å²) in [6.07, 6.45) is -0.326. The van der Waals surface area contributed by atoms with Gasteiger partial charge in [-0.2, -0.15) is 0 Å². The van der Waals surface area contributed by atoms with Gasteiger partial charge in [0.05, 0.1) is 6.54 Å². The number of piperazine rings is 1. The number of ether oxygens (including phenoxy) is 1. The van der Waals surface area contributed by atoms with Gasteiger partial charge in [0.2, 0.25) is 0 Å². The molecule has 1 fully saturated rings. The summed E-state index contributed by atoms with van der Waals surface area (Å²) in [5.74, 6) is -0.837. The third-order valence-electron chi connectivity index (χ3n) is 2.38. The summed E-state index contributed by atoms with van der Waals surface area (Å²) in [5.41, 5.74) is -0.491. The van der Waals surface area contributed by atoms with Gasteiger partial charge in [-0.15, -0.1) is 0 Å². The SMILES string of the molecule is CC(C)(C)OC(=O)N1CCN(CC(=O)O)CC1.[H-].[Li+]. The first-order valence-electron chi connectivity index (χ1n) is 5.70. The third kappa shape index (κ3) is 6.29. The molecule has 18 heavy (non-hydrogen) atoms. The Morgan fingerprint density at radius 1 is 1.22 bits per heavy atom. The smallest absolute Gasteiger partial charge is 1.00 e. The molecule has 1 N–H and O–H groups in total. The maximum absolute atomic E-state index is 11.7. The molecular formula is C11H21LiN2O4. The van der Waals surface area contributed by atoms with E-state index in [1.807, 2.05) is 25.7 Å². The topological polar surface area (TPSA) is 70.1 Å². The van der Waals surface area contributed by atoms with E-state index in [-0.39, 0.29) is 32.9 Å². The number of nitrogens with zero attached hydrogens (tertiary/aromatic N) is 2. The van der Waals surface area contributed by atoms with E-state index < -0.39 is 11.6 Å². The van der Waals surface area contributed by atoms with E-state index in [9.17, 15) is 9.59 Å². The van der Waals surface area contributed by atoms with Gasteiger partial charge in [0.25, 0.3) is 0 Å². The van der Waals surface area contributed by atoms with Gasteiger partial charge >= 0.3 is 30.9 Å². The van der Waals surface area contributed by atoms with Crippen molar-refractivity contribution in [3.63, 3.8) is 0 Å². The molecule has 1 heterocycles. The van der Waals surface area contributed by atoms with E-state index in [4.69, 9.17) is 9.84 Å². The van der Waals surface area contributed by atoms with Crippen molar-refractivity contribution in [3.05, 3.63) is 0 Å². The molecule has 1 aliphatic heterocycles. The van der Waals surface area contributed by atoms with Crippen molar-refractivity contribution in [2.24, 2.45) is 0 Å². The number of carbonyl (C=O) groups excluding carboxylic acids is 1. The van der Waals surface area contributed by atoms with Crippen LogP contribution in [0.4, 0.5) is 4.79 Å². The Kier molecular flexibility index (Phi) is 6.75. The van der Waals surface area contributed by atoms with E-state index in [1.165, 1.54) is 0 Å². The van der Waals surface area contributed by atoms with Gasteiger partial charge in [0.1, 0.15) is 5.60 Å². The number of amides is 1. The predicted molar refractivity (Wildman–Crippen MR) is 63.0 cm³/mol. The van der Waals surface area contributed by atoms with Crippen LogP contribution in [0.2, 0.25) is 0 Å². The summed E-state index contributed by atoms with van der Waals surface area (Å²) in [7, 11) is 0. The molecule has 0 aromatic rings. The number of hydrogen-bond acceptors (Lipinski definition) is 4. The van der Waals surface area contributed by atoms with Crippen molar-refractivity contribution in [1.82, 2.24) is 9.80 Å². The van der Waals surface area contributed by atoms with Gasteiger partial charge < -0.3 is 16.2 Å². The molecule has 1 saturated heterocycles. The van der Waals surface area contributed by atoms with Crippen molar-refractivity contribution < 1.29 is 39.7 Å². The first-order valence-corrected chi connectivity index (χ1v) is 5.70. The fourth-order valence-electron chi connectivity index (χ4n) is 1.61. The van der Waals surface area contributed by atoms with Crippen LogP contribution >= 0.6 is 0 Å². The molecule has 1 amide bonds. The minimum Gasteiger partial charge on any atom is -1.00 e. The van der Waals surface area contributed by atoms with Crippen molar-refractivity contribution in [2.45, 2.75) is 26.4 Å². The van der Waals surface area contributed by atoms with Gasteiger partial charge in [0.15, 0.2) is 0 Å². The first-order chi connectivity index (χ1) is 7.78. The van der Waals surface area contributed by atoms with Gasteiger partial charge in [-0.05, 0) is 20.8 Å². The first kappa shape index (κ1) is 17.3. The van der Waals surface area contributed by atoms with Gasteiger partial charge in [-0.25, -0.2) is 4.79 Å². The van der Waals surface area contributed by atoms with Gasteiger partial charge in [0, 0.05) is 26.2 Å². The number of carboxylic acid groups (broad SMARTS) is 1. The normalized spacial score (nSPS) is 16.9. The standard InChI is InChI=1S/C11H20N2O4.Li.H/c1-11(2,3)17-10(16)13-6-4-12(5-7-13)8-9(14)15;;/h4-8H2,1-3H3,(H,14,15);;/q;+1;-1. The van der Waals surface area contributed by atoms with Crippen LogP contribution < -0.4 is 18.9 Å². The molecule has 0 bridgehead atoms. The Labute approximate surface area is 121 Å². The maximum Gasteiger partial charge on any atom is 1.00 e. The van der Waals surface area contributed by atoms with Crippen molar-refractivity contribution in [1.29, 1.82) is 0 Å². The van der Waals surface area contributed by atoms with Crippen LogP contribution in [-0.4, -0.2) is 65.3 Å². The third-order valence-corrected chi connectivity index (χ3v) is 2.38. The molecule has 0 radical (unpaired) electrons. The zero-order valence-electron chi connectivity index (χ0n) is 12.6. The van der Waals surface area contributed by atoms with Crippen LogP contribution in [0.3, 0.4) is 0 Å². The Morgan fingerprint density at radius 2 is 1.72 bits per heavy atom. The van der Waals surface area contributed by atoms with Crippen LogP contribution in [0.5, 0.6) is 0 Å². The van der Waals surface area contributed by atoms with Gasteiger partial charge in [-0.3, -0.25) is 9.69 Å². The molecule has 0 spiro atoms. The number of carbonyl (C=O) groups is 2. The Hall–Kier alpha value is -0.703. The molecule has 0 aliphatic carbocycles. The second-order valence-electron chi connectivity index (χ2n) is 5.14. The van der Waals surface area contributed by atoms with Crippen LogP contribution in [0.15, 0.2) is 0 Å². The Balaban J connectivity index is 0. The zero-order valence-corrected chi connectivity index (χ0v) is 11.6. The van der Waals surface area contributed by atoms with E-state index in [2.05, 4.69) is 0 Å². The molecule has 6 nitrogen and oxygen atoms in total. The van der Waals surface area contributed by atoms with E-state index >= 15 is 0 Å². The average molecular weight is 252 g/mol. The maximum atomic E-state index is 11.7. The predicted octanol–water partition coefficient (Wildman–Crippen LogP) is -2.26. The Bertz CT molecular complexity index is 302. The zero-order chi connectivity index (χ0) is 13.1. The molecule has 7 heteroatoms. The van der Waals surface area contributed by atoms with Crippen molar-refractivity contribution in [3.8, 4) is 0 Å². The average Bonchev–Trinajstić information content (AvgIpc) is 2.15. The molecular weight excluding hydrogens is 231 g/mol. The monoisotopic (exact) mass is 252 g/mol. The van der Waals surface area contributed by atoms with Gasteiger partial charge in [-0.1, -0.05) is 0 Å². The minimum atomic E-state index is -0.837. The quantitative estimate of drug-likeness (QED) is 0.562. The summed E-state index contributed by atoms with van der Waals surface area (Å²) in [6, 6.07) is 0. The Morgan fingerprint density at radius 3 is 2.11 bits per heavy atom. The van der Waals surface area contributed by atoms with Crippen molar-refractivity contribution >= 4 is 12.1 Å². The second kappa shape index (κ2) is 7.03. The molecule has 0 aromatic heterocycles. The van der Waals surface area contributed by atoms with E-state index in [1.54, 1.807) is 4.90 Å². The summed E-state index contributed by atoms with van der Waals surface area (Å²) in [6.45, 7) is 7.69.